The van der Waals surface area contributed by atoms with Crippen LogP contribution in [-0.2, 0) is 0 Å². The van der Waals surface area contributed by atoms with Crippen molar-refractivity contribution in [2.75, 3.05) is 0 Å². The normalized spacial score (nSPS) is 11.8. The minimum absolute atomic E-state index is 1.13. The van der Waals surface area contributed by atoms with E-state index < -0.39 is 0 Å². The van der Waals surface area contributed by atoms with Crippen LogP contribution in [0.3, 0.4) is 0 Å². The highest BCUT2D eigenvalue weighted by atomic mass is 28.1. The monoisotopic (exact) mass is 98.1 g/mol. The lowest BCUT2D eigenvalue weighted by Crippen LogP contribution is -1.66. The SMILES string of the molecule is C=CC([SiH3])=CC. The Balaban J connectivity index is 3.50. The molecule has 0 nitrogen and oxygen atoms in total. The topological polar surface area (TPSA) is 0 Å². The van der Waals surface area contributed by atoms with Gasteiger partial charge in [0.25, 0.3) is 0 Å². The van der Waals surface area contributed by atoms with E-state index in [1.165, 1.54) is 5.20 Å². The van der Waals surface area contributed by atoms with Gasteiger partial charge < -0.3 is 0 Å². The van der Waals surface area contributed by atoms with Gasteiger partial charge in [0.05, 0.1) is 0 Å². The Morgan fingerprint density at radius 1 is 1.83 bits per heavy atom. The zero-order valence-corrected chi connectivity index (χ0v) is 6.36. The van der Waals surface area contributed by atoms with Gasteiger partial charge in [-0.2, -0.15) is 0 Å². The molecule has 0 bridgehead atoms. The summed E-state index contributed by atoms with van der Waals surface area (Å²) in [4.78, 5) is 0. The Labute approximate surface area is 42.0 Å². The maximum absolute atomic E-state index is 3.60. The highest BCUT2D eigenvalue weighted by Crippen LogP contribution is 1.82. The summed E-state index contributed by atoms with van der Waals surface area (Å²) in [6.45, 7) is 5.63. The maximum Gasteiger partial charge on any atom is 0.0380 e. The third-order valence-electron chi connectivity index (χ3n) is 0.777. The lowest BCUT2D eigenvalue weighted by atomic mass is 10.5. The molecule has 0 unspecified atom stereocenters. The van der Waals surface area contributed by atoms with Gasteiger partial charge in [0.1, 0.15) is 0 Å². The van der Waals surface area contributed by atoms with Crippen molar-refractivity contribution >= 4 is 10.2 Å². The molecule has 0 aromatic carbocycles. The van der Waals surface area contributed by atoms with Gasteiger partial charge in [0.15, 0.2) is 0 Å². The lowest BCUT2D eigenvalue weighted by Gasteiger charge is -1.78. The van der Waals surface area contributed by atoms with Gasteiger partial charge in [-0.3, -0.25) is 0 Å². The molecule has 0 N–H and O–H groups in total. The Hall–Kier alpha value is -0.303. The standard InChI is InChI=1S/C5H10Si/c1-3-5(6)4-2/h3-4H,1H2,2,6H3. The van der Waals surface area contributed by atoms with Gasteiger partial charge in [-0.25, -0.2) is 0 Å². The smallest absolute Gasteiger partial charge is 0.0380 e. The van der Waals surface area contributed by atoms with E-state index >= 15 is 0 Å². The van der Waals surface area contributed by atoms with Gasteiger partial charge in [-0.1, -0.05) is 23.9 Å². The molecule has 0 rings (SSSR count). The van der Waals surface area contributed by atoms with Crippen molar-refractivity contribution < 1.29 is 0 Å². The molecule has 1 heteroatoms. The van der Waals surface area contributed by atoms with Crippen LogP contribution in [-0.4, -0.2) is 10.2 Å². The average Bonchev–Trinajstić information content (AvgIpc) is 1.65. The maximum atomic E-state index is 3.60. The first kappa shape index (κ1) is 5.70. The van der Waals surface area contributed by atoms with Crippen molar-refractivity contribution in [2.24, 2.45) is 0 Å². The summed E-state index contributed by atoms with van der Waals surface area (Å²) in [5, 5.41) is 1.37. The molecule has 0 saturated carbocycles. The summed E-state index contributed by atoms with van der Waals surface area (Å²) in [7, 11) is 1.13. The van der Waals surface area contributed by atoms with Crippen molar-refractivity contribution in [2.45, 2.75) is 6.92 Å². The summed E-state index contributed by atoms with van der Waals surface area (Å²) in [6, 6.07) is 0. The number of hydrogen-bond donors (Lipinski definition) is 0. The Bertz CT molecular complexity index is 72.0. The average molecular weight is 98.2 g/mol. The number of rotatable bonds is 1. The molecule has 0 radical (unpaired) electrons. The van der Waals surface area contributed by atoms with E-state index in [4.69, 9.17) is 0 Å². The van der Waals surface area contributed by atoms with Gasteiger partial charge in [0.2, 0.25) is 0 Å². The van der Waals surface area contributed by atoms with E-state index in [1.54, 1.807) is 0 Å². The second-order valence-corrected chi connectivity index (χ2v) is 2.39. The first-order chi connectivity index (χ1) is 2.81. The molecule has 0 aromatic heterocycles. The van der Waals surface area contributed by atoms with E-state index in [9.17, 15) is 0 Å². The molecule has 0 aliphatic rings. The van der Waals surface area contributed by atoms with Crippen LogP contribution in [0.4, 0.5) is 0 Å². The summed E-state index contributed by atoms with van der Waals surface area (Å²) < 4.78 is 0. The predicted octanol–water partition coefficient (Wildman–Crippen LogP) is 0.442. The van der Waals surface area contributed by atoms with Crippen LogP contribution in [0.5, 0.6) is 0 Å². The van der Waals surface area contributed by atoms with Gasteiger partial charge >= 0.3 is 0 Å². The van der Waals surface area contributed by atoms with Crippen LogP contribution in [0.15, 0.2) is 23.9 Å². The van der Waals surface area contributed by atoms with Crippen LogP contribution in [0.25, 0.3) is 0 Å². The summed E-state index contributed by atoms with van der Waals surface area (Å²) in [5.41, 5.74) is 0. The predicted molar refractivity (Wildman–Crippen MR) is 33.9 cm³/mol. The minimum Gasteiger partial charge on any atom is -0.0992 e. The van der Waals surface area contributed by atoms with Crippen molar-refractivity contribution in [3.63, 3.8) is 0 Å². The van der Waals surface area contributed by atoms with Gasteiger partial charge in [-0.15, -0.1) is 0 Å². The number of hydrogen-bond acceptors (Lipinski definition) is 0. The van der Waals surface area contributed by atoms with Crippen LogP contribution < -0.4 is 0 Å². The minimum atomic E-state index is 1.13. The van der Waals surface area contributed by atoms with Crippen LogP contribution in [0.1, 0.15) is 6.92 Å². The molecule has 0 aliphatic carbocycles. The van der Waals surface area contributed by atoms with Crippen LogP contribution in [0.2, 0.25) is 0 Å². The fourth-order valence-corrected chi connectivity index (χ4v) is 0.118. The van der Waals surface area contributed by atoms with Crippen molar-refractivity contribution in [1.82, 2.24) is 0 Å². The van der Waals surface area contributed by atoms with Gasteiger partial charge in [0, 0.05) is 10.2 Å². The zero-order chi connectivity index (χ0) is 4.99. The Kier molecular flexibility index (Phi) is 2.76. The summed E-state index contributed by atoms with van der Waals surface area (Å²) >= 11 is 0. The van der Waals surface area contributed by atoms with Crippen molar-refractivity contribution in [1.29, 1.82) is 0 Å². The Morgan fingerprint density at radius 2 is 2.33 bits per heavy atom. The lowest BCUT2D eigenvalue weighted by molar-refractivity contribution is 1.71. The summed E-state index contributed by atoms with van der Waals surface area (Å²) in [6.07, 6.45) is 3.98. The molecule has 0 heterocycles. The molecule has 0 amide bonds. The van der Waals surface area contributed by atoms with Crippen molar-refractivity contribution in [3.8, 4) is 0 Å². The molecule has 0 aromatic rings. The number of allylic oxidation sites excluding steroid dienone is 3. The highest BCUT2D eigenvalue weighted by molar-refractivity contribution is 6.23. The van der Waals surface area contributed by atoms with Crippen LogP contribution >= 0.6 is 0 Å². The zero-order valence-electron chi connectivity index (χ0n) is 4.36. The molecule has 0 spiro atoms. The van der Waals surface area contributed by atoms with E-state index in [0.29, 0.717) is 0 Å². The third-order valence-corrected chi connectivity index (χ3v) is 1.76. The summed E-state index contributed by atoms with van der Waals surface area (Å²) in [5.74, 6) is 0. The van der Waals surface area contributed by atoms with E-state index in [1.807, 2.05) is 13.0 Å². The largest absolute Gasteiger partial charge is 0.0992 e. The van der Waals surface area contributed by atoms with E-state index in [-0.39, 0.29) is 0 Å². The van der Waals surface area contributed by atoms with E-state index in [2.05, 4.69) is 12.7 Å². The van der Waals surface area contributed by atoms with E-state index in [0.717, 1.165) is 10.2 Å². The quantitative estimate of drug-likeness (QED) is 0.330. The molecule has 0 aliphatic heterocycles. The highest BCUT2D eigenvalue weighted by Gasteiger charge is 1.66. The molecular formula is C5H10Si. The van der Waals surface area contributed by atoms with Crippen molar-refractivity contribution in [3.05, 3.63) is 23.9 Å². The molecule has 0 fully saturated rings. The van der Waals surface area contributed by atoms with Gasteiger partial charge in [-0.05, 0) is 6.92 Å². The molecule has 0 saturated heterocycles. The second-order valence-electron chi connectivity index (χ2n) is 1.24. The molecule has 34 valence electrons. The first-order valence-electron chi connectivity index (χ1n) is 2.06. The van der Waals surface area contributed by atoms with Crippen LogP contribution in [0, 0.1) is 0 Å². The molecular weight excluding hydrogens is 88.1 g/mol. The fourth-order valence-electron chi connectivity index (χ4n) is 0.118. The first-order valence-corrected chi connectivity index (χ1v) is 3.06. The molecule has 6 heavy (non-hydrogen) atoms. The third kappa shape index (κ3) is 1.97. The molecule has 0 atom stereocenters. The fraction of sp³-hybridized carbons (Fsp3) is 0.200. The second kappa shape index (κ2) is 2.91. The Morgan fingerprint density at radius 3 is 2.33 bits per heavy atom.